The van der Waals surface area contributed by atoms with Gasteiger partial charge in [0, 0.05) is 18.7 Å². The molecular weight excluding hydrogens is 298 g/mol. The molecule has 0 bridgehead atoms. The highest BCUT2D eigenvalue weighted by Gasteiger charge is 2.29. The van der Waals surface area contributed by atoms with Gasteiger partial charge in [0.25, 0.3) is 0 Å². The molecule has 0 radical (unpaired) electrons. The lowest BCUT2D eigenvalue weighted by Gasteiger charge is -2.16. The minimum absolute atomic E-state index is 0.0429. The Labute approximate surface area is 132 Å². The Morgan fingerprint density at radius 2 is 2.26 bits per heavy atom. The molecule has 1 amide bonds. The Morgan fingerprint density at radius 3 is 2.83 bits per heavy atom. The standard InChI is InChI=1S/C15H17N5O3/c1-9-3-4-20(14(9)21)13-5-10(2)11(6-16-13)7-19-8-12(15(22)23)17-18-19/h5-6,8-9H,3-4,7H2,1-2H3,(H,22,23). The topological polar surface area (TPSA) is 101 Å². The summed E-state index contributed by atoms with van der Waals surface area (Å²) in [7, 11) is 0. The van der Waals surface area contributed by atoms with Gasteiger partial charge in [0.1, 0.15) is 5.82 Å². The summed E-state index contributed by atoms with van der Waals surface area (Å²) >= 11 is 0. The van der Waals surface area contributed by atoms with Crippen LogP contribution in [0.15, 0.2) is 18.5 Å². The fourth-order valence-corrected chi connectivity index (χ4v) is 2.58. The molecule has 1 N–H and O–H groups in total. The van der Waals surface area contributed by atoms with Crippen molar-refractivity contribution in [3.8, 4) is 0 Å². The largest absolute Gasteiger partial charge is 0.476 e. The molecule has 0 aliphatic carbocycles. The van der Waals surface area contributed by atoms with Gasteiger partial charge in [-0.1, -0.05) is 12.1 Å². The third-order valence-electron chi connectivity index (χ3n) is 4.04. The smallest absolute Gasteiger partial charge is 0.358 e. The molecule has 2 aromatic rings. The number of nitrogens with zero attached hydrogens (tertiary/aromatic N) is 5. The lowest BCUT2D eigenvalue weighted by molar-refractivity contribution is -0.119. The van der Waals surface area contributed by atoms with E-state index in [0.717, 1.165) is 17.5 Å². The van der Waals surface area contributed by atoms with Crippen LogP contribution in [-0.4, -0.2) is 43.5 Å². The average Bonchev–Trinajstić information content (AvgIpc) is 3.10. The molecule has 3 heterocycles. The fourth-order valence-electron chi connectivity index (χ4n) is 2.58. The Morgan fingerprint density at radius 1 is 1.48 bits per heavy atom. The number of rotatable bonds is 4. The van der Waals surface area contributed by atoms with Crippen molar-refractivity contribution in [3.63, 3.8) is 0 Å². The van der Waals surface area contributed by atoms with Gasteiger partial charge in [-0.3, -0.25) is 9.69 Å². The lowest BCUT2D eigenvalue weighted by atomic mass is 10.1. The molecule has 120 valence electrons. The number of carboxylic acids is 1. The van der Waals surface area contributed by atoms with E-state index in [-0.39, 0.29) is 17.5 Å². The van der Waals surface area contributed by atoms with Gasteiger partial charge in [-0.2, -0.15) is 0 Å². The van der Waals surface area contributed by atoms with Gasteiger partial charge < -0.3 is 5.11 Å². The summed E-state index contributed by atoms with van der Waals surface area (Å²) in [5.74, 6) is -0.304. The van der Waals surface area contributed by atoms with E-state index >= 15 is 0 Å². The lowest BCUT2D eigenvalue weighted by Crippen LogP contribution is -2.27. The Kier molecular flexibility index (Phi) is 3.81. The van der Waals surface area contributed by atoms with E-state index in [4.69, 9.17) is 5.11 Å². The normalized spacial score (nSPS) is 17.7. The van der Waals surface area contributed by atoms with Gasteiger partial charge in [-0.05, 0) is 30.5 Å². The van der Waals surface area contributed by atoms with Crippen molar-refractivity contribution in [2.45, 2.75) is 26.8 Å². The number of hydrogen-bond acceptors (Lipinski definition) is 5. The second-order valence-electron chi connectivity index (χ2n) is 5.76. The highest BCUT2D eigenvalue weighted by Crippen LogP contribution is 2.24. The zero-order chi connectivity index (χ0) is 16.6. The molecule has 0 aromatic carbocycles. The van der Waals surface area contributed by atoms with E-state index in [1.54, 1.807) is 11.1 Å². The van der Waals surface area contributed by atoms with E-state index in [1.165, 1.54) is 10.9 Å². The molecule has 1 aliphatic heterocycles. The minimum atomic E-state index is -1.11. The molecule has 1 fully saturated rings. The van der Waals surface area contributed by atoms with Crippen molar-refractivity contribution in [1.29, 1.82) is 0 Å². The molecule has 8 nitrogen and oxygen atoms in total. The summed E-state index contributed by atoms with van der Waals surface area (Å²) in [4.78, 5) is 29.0. The molecule has 1 aliphatic rings. The molecule has 23 heavy (non-hydrogen) atoms. The van der Waals surface area contributed by atoms with E-state index < -0.39 is 5.97 Å². The third-order valence-corrected chi connectivity index (χ3v) is 4.04. The van der Waals surface area contributed by atoms with Crippen LogP contribution in [0.5, 0.6) is 0 Å². The first-order valence-corrected chi connectivity index (χ1v) is 7.36. The predicted molar refractivity (Wildman–Crippen MR) is 81.2 cm³/mol. The number of carboxylic acid groups (broad SMARTS) is 1. The maximum Gasteiger partial charge on any atom is 0.358 e. The summed E-state index contributed by atoms with van der Waals surface area (Å²) in [6, 6.07) is 1.88. The first kappa shape index (κ1) is 15.1. The molecule has 0 spiro atoms. The summed E-state index contributed by atoms with van der Waals surface area (Å²) in [5.41, 5.74) is 1.77. The monoisotopic (exact) mass is 315 g/mol. The predicted octanol–water partition coefficient (Wildman–Crippen LogP) is 1.10. The van der Waals surface area contributed by atoms with Gasteiger partial charge in [-0.25, -0.2) is 14.5 Å². The second kappa shape index (κ2) is 5.79. The molecule has 0 saturated carbocycles. The minimum Gasteiger partial charge on any atom is -0.476 e. The number of anilines is 1. The highest BCUT2D eigenvalue weighted by molar-refractivity contribution is 5.96. The number of amides is 1. The maximum atomic E-state index is 12.1. The van der Waals surface area contributed by atoms with Crippen LogP contribution in [0.3, 0.4) is 0 Å². The molecule has 1 atom stereocenters. The average molecular weight is 315 g/mol. The molecule has 1 saturated heterocycles. The van der Waals surface area contributed by atoms with Crippen LogP contribution in [0.4, 0.5) is 5.82 Å². The molecule has 1 unspecified atom stereocenters. The molecule has 2 aromatic heterocycles. The van der Waals surface area contributed by atoms with E-state index in [0.29, 0.717) is 18.9 Å². The quantitative estimate of drug-likeness (QED) is 0.906. The first-order chi connectivity index (χ1) is 11.0. The zero-order valence-electron chi connectivity index (χ0n) is 12.9. The number of pyridine rings is 1. The van der Waals surface area contributed by atoms with Gasteiger partial charge in [0.15, 0.2) is 5.69 Å². The molecule has 3 rings (SSSR count). The van der Waals surface area contributed by atoms with Crippen LogP contribution in [0.1, 0.15) is 35.0 Å². The van der Waals surface area contributed by atoms with Crippen LogP contribution < -0.4 is 4.90 Å². The van der Waals surface area contributed by atoms with Crippen molar-refractivity contribution >= 4 is 17.7 Å². The molecule has 8 heteroatoms. The first-order valence-electron chi connectivity index (χ1n) is 7.36. The van der Waals surface area contributed by atoms with Crippen molar-refractivity contribution in [2.24, 2.45) is 5.92 Å². The van der Waals surface area contributed by atoms with Crippen molar-refractivity contribution in [2.75, 3.05) is 11.4 Å². The highest BCUT2D eigenvalue weighted by atomic mass is 16.4. The SMILES string of the molecule is Cc1cc(N2CCC(C)C2=O)ncc1Cn1cc(C(=O)O)nn1. The third kappa shape index (κ3) is 2.92. The van der Waals surface area contributed by atoms with Crippen LogP contribution in [0.25, 0.3) is 0 Å². The van der Waals surface area contributed by atoms with Crippen molar-refractivity contribution in [1.82, 2.24) is 20.0 Å². The van der Waals surface area contributed by atoms with Gasteiger partial charge >= 0.3 is 5.97 Å². The van der Waals surface area contributed by atoms with Crippen LogP contribution in [0, 0.1) is 12.8 Å². The summed E-state index contributed by atoms with van der Waals surface area (Å²) in [6.45, 7) is 4.93. The van der Waals surface area contributed by atoms with E-state index in [2.05, 4.69) is 15.3 Å². The van der Waals surface area contributed by atoms with Crippen LogP contribution in [-0.2, 0) is 11.3 Å². The Balaban J connectivity index is 1.79. The number of carbonyl (C=O) groups is 2. The molecular formula is C15H17N5O3. The Hall–Kier alpha value is -2.77. The maximum absolute atomic E-state index is 12.1. The number of aryl methyl sites for hydroxylation is 1. The van der Waals surface area contributed by atoms with E-state index in [1.807, 2.05) is 19.9 Å². The summed E-state index contributed by atoms with van der Waals surface area (Å²) in [5, 5.41) is 16.2. The number of carbonyl (C=O) groups excluding carboxylic acids is 1. The number of aromatic nitrogens is 4. The van der Waals surface area contributed by atoms with Gasteiger partial charge in [0.05, 0.1) is 12.7 Å². The zero-order valence-corrected chi connectivity index (χ0v) is 12.9. The second-order valence-corrected chi connectivity index (χ2v) is 5.76. The van der Waals surface area contributed by atoms with Crippen molar-refractivity contribution < 1.29 is 14.7 Å². The van der Waals surface area contributed by atoms with Crippen LogP contribution >= 0.6 is 0 Å². The summed E-state index contributed by atoms with van der Waals surface area (Å²) in [6.07, 6.45) is 3.92. The van der Waals surface area contributed by atoms with Crippen molar-refractivity contribution in [3.05, 3.63) is 35.3 Å². The number of hydrogen-bond donors (Lipinski definition) is 1. The number of aromatic carboxylic acids is 1. The fraction of sp³-hybridized carbons (Fsp3) is 0.400. The summed E-state index contributed by atoms with van der Waals surface area (Å²) < 4.78 is 1.45. The van der Waals surface area contributed by atoms with Gasteiger partial charge in [-0.15, -0.1) is 5.10 Å². The Bertz CT molecular complexity index is 770. The van der Waals surface area contributed by atoms with E-state index in [9.17, 15) is 9.59 Å². The van der Waals surface area contributed by atoms with Crippen LogP contribution in [0.2, 0.25) is 0 Å². The van der Waals surface area contributed by atoms with Gasteiger partial charge in [0.2, 0.25) is 5.91 Å².